The van der Waals surface area contributed by atoms with Gasteiger partial charge in [-0.05, 0) is 67.9 Å². The molecule has 0 aliphatic heterocycles. The van der Waals surface area contributed by atoms with Gasteiger partial charge in [0.15, 0.2) is 6.73 Å². The lowest BCUT2D eigenvalue weighted by Gasteiger charge is -2.54. The fourth-order valence-corrected chi connectivity index (χ4v) is 5.83. The first-order valence-electron chi connectivity index (χ1n) is 10.4. The quantitative estimate of drug-likeness (QED) is 0.576. The van der Waals surface area contributed by atoms with E-state index < -0.39 is 10.7 Å². The number of rotatable bonds is 6. The minimum atomic E-state index is -0.637. The summed E-state index contributed by atoms with van der Waals surface area (Å²) in [6.07, 6.45) is 7.79. The maximum absolute atomic E-state index is 13.4. The Hall–Kier alpha value is -2.97. The van der Waals surface area contributed by atoms with Crippen LogP contribution in [0.5, 0.6) is 5.75 Å². The molecule has 4 fully saturated rings. The first-order valence-corrected chi connectivity index (χ1v) is 10.4. The van der Waals surface area contributed by atoms with E-state index in [9.17, 15) is 19.3 Å². The van der Waals surface area contributed by atoms with E-state index in [1.807, 2.05) is 0 Å². The molecule has 0 unspecified atom stereocenters. The average Bonchev–Trinajstić information content (AvgIpc) is 3.17. The van der Waals surface area contributed by atoms with Gasteiger partial charge in [-0.15, -0.1) is 0 Å². The van der Waals surface area contributed by atoms with Crippen molar-refractivity contribution >= 4 is 11.6 Å². The molecule has 0 atom stereocenters. The third-order valence-electron chi connectivity index (χ3n) is 6.87. The smallest absolute Gasteiger partial charge is 0.311 e. The zero-order chi connectivity index (χ0) is 20.8. The predicted molar refractivity (Wildman–Crippen MR) is 104 cm³/mol. The molecule has 158 valence electrons. The first kappa shape index (κ1) is 19.0. The maximum Gasteiger partial charge on any atom is 0.311 e. The van der Waals surface area contributed by atoms with E-state index in [2.05, 4.69) is 10.4 Å². The summed E-state index contributed by atoms with van der Waals surface area (Å²) in [5, 5.41) is 18.5. The Morgan fingerprint density at radius 2 is 1.90 bits per heavy atom. The van der Waals surface area contributed by atoms with Crippen molar-refractivity contribution in [2.45, 2.75) is 44.9 Å². The molecule has 0 spiro atoms. The molecule has 1 amide bonds. The summed E-state index contributed by atoms with van der Waals surface area (Å²) in [5.41, 5.74) is -0.0513. The van der Waals surface area contributed by atoms with Crippen molar-refractivity contribution in [3.63, 3.8) is 0 Å². The third-order valence-corrected chi connectivity index (χ3v) is 6.87. The zero-order valence-corrected chi connectivity index (χ0v) is 16.4. The minimum absolute atomic E-state index is 0.171. The Kier molecular flexibility index (Phi) is 4.67. The van der Waals surface area contributed by atoms with Crippen LogP contribution in [0.2, 0.25) is 0 Å². The molecule has 9 heteroatoms. The molecule has 6 rings (SSSR count). The van der Waals surface area contributed by atoms with Crippen LogP contribution in [-0.2, 0) is 6.73 Å². The summed E-state index contributed by atoms with van der Waals surface area (Å²) >= 11 is 0. The molecular weight excluding hydrogens is 391 g/mol. The zero-order valence-electron chi connectivity index (χ0n) is 16.4. The summed E-state index contributed by atoms with van der Waals surface area (Å²) in [6, 6.07) is 4.83. The highest BCUT2D eigenvalue weighted by atomic mass is 19.1. The monoisotopic (exact) mass is 414 g/mol. The van der Waals surface area contributed by atoms with Gasteiger partial charge in [0.2, 0.25) is 5.75 Å². The fraction of sp³-hybridized carbons (Fsp3) is 0.524. The number of halogens is 1. The van der Waals surface area contributed by atoms with Gasteiger partial charge in [0, 0.05) is 24.4 Å². The van der Waals surface area contributed by atoms with E-state index in [1.165, 1.54) is 36.8 Å². The van der Waals surface area contributed by atoms with Crippen LogP contribution in [0.1, 0.15) is 42.6 Å². The number of nitro groups is 1. The number of ether oxygens (including phenoxy) is 1. The molecule has 1 aromatic heterocycles. The highest BCUT2D eigenvalue weighted by Gasteiger charge is 2.48. The lowest BCUT2D eigenvalue weighted by atomic mass is 9.54. The van der Waals surface area contributed by atoms with Gasteiger partial charge in [0.25, 0.3) is 5.91 Å². The van der Waals surface area contributed by atoms with Gasteiger partial charge in [-0.25, -0.2) is 9.07 Å². The van der Waals surface area contributed by atoms with Crippen molar-refractivity contribution in [3.8, 4) is 5.75 Å². The number of hydrogen-bond acceptors (Lipinski definition) is 5. The average molecular weight is 414 g/mol. The molecule has 4 aliphatic carbocycles. The van der Waals surface area contributed by atoms with Crippen molar-refractivity contribution in [3.05, 3.63) is 52.1 Å². The van der Waals surface area contributed by atoms with E-state index in [1.54, 1.807) is 12.3 Å². The summed E-state index contributed by atoms with van der Waals surface area (Å²) < 4.78 is 20.1. The molecule has 4 saturated carbocycles. The van der Waals surface area contributed by atoms with Crippen LogP contribution in [0.15, 0.2) is 30.5 Å². The summed E-state index contributed by atoms with van der Waals surface area (Å²) in [7, 11) is 0. The number of amides is 1. The van der Waals surface area contributed by atoms with Crippen LogP contribution in [0.25, 0.3) is 0 Å². The molecule has 2 aromatic rings. The van der Waals surface area contributed by atoms with Crippen molar-refractivity contribution in [1.82, 2.24) is 15.1 Å². The lowest BCUT2D eigenvalue weighted by Crippen LogP contribution is -2.55. The highest BCUT2D eigenvalue weighted by molar-refractivity contribution is 5.92. The summed E-state index contributed by atoms with van der Waals surface area (Å²) in [4.78, 5) is 23.2. The van der Waals surface area contributed by atoms with Crippen molar-refractivity contribution in [2.24, 2.45) is 23.7 Å². The van der Waals surface area contributed by atoms with E-state index in [0.717, 1.165) is 30.0 Å². The van der Waals surface area contributed by atoms with Crippen LogP contribution in [0.3, 0.4) is 0 Å². The number of nitrogens with one attached hydrogen (secondary N) is 1. The Labute approximate surface area is 172 Å². The van der Waals surface area contributed by atoms with Gasteiger partial charge in [-0.2, -0.15) is 5.10 Å². The topological polar surface area (TPSA) is 99.3 Å². The molecule has 1 N–H and O–H groups in total. The standard InChI is InChI=1S/C21H23FN4O4/c22-16-1-2-18(26(28)29)19(10-16)30-11-25-4-3-17(24-25)21(27)23-20-14-6-12-5-13(8-14)9-15(20)7-12/h1-4,10,12-15,20H,5-9,11H2,(H,23,27). The van der Waals surface area contributed by atoms with Crippen LogP contribution >= 0.6 is 0 Å². The number of aromatic nitrogens is 2. The molecule has 0 saturated heterocycles. The number of carbonyl (C=O) groups excluding carboxylic acids is 1. The molecule has 4 aliphatic rings. The third kappa shape index (κ3) is 3.53. The largest absolute Gasteiger partial charge is 0.464 e. The summed E-state index contributed by atoms with van der Waals surface area (Å²) in [6.45, 7) is -0.171. The van der Waals surface area contributed by atoms with E-state index in [-0.39, 0.29) is 35.8 Å². The Morgan fingerprint density at radius 3 is 2.57 bits per heavy atom. The maximum atomic E-state index is 13.4. The van der Waals surface area contributed by atoms with E-state index >= 15 is 0 Å². The Morgan fingerprint density at radius 1 is 1.20 bits per heavy atom. The van der Waals surface area contributed by atoms with Crippen LogP contribution in [0.4, 0.5) is 10.1 Å². The van der Waals surface area contributed by atoms with Crippen LogP contribution < -0.4 is 10.1 Å². The van der Waals surface area contributed by atoms with Gasteiger partial charge >= 0.3 is 5.69 Å². The van der Waals surface area contributed by atoms with Crippen molar-refractivity contribution < 1.29 is 18.8 Å². The Balaban J connectivity index is 1.22. The molecular formula is C21H23FN4O4. The fourth-order valence-electron chi connectivity index (χ4n) is 5.83. The highest BCUT2D eigenvalue weighted by Crippen LogP contribution is 2.53. The van der Waals surface area contributed by atoms with Crippen LogP contribution in [-0.4, -0.2) is 26.7 Å². The molecule has 4 bridgehead atoms. The second-order valence-corrected chi connectivity index (χ2v) is 8.81. The number of nitro benzene ring substituents is 1. The van der Waals surface area contributed by atoms with Crippen molar-refractivity contribution in [2.75, 3.05) is 0 Å². The molecule has 1 heterocycles. The van der Waals surface area contributed by atoms with Gasteiger partial charge in [-0.1, -0.05) is 0 Å². The number of carbonyl (C=O) groups is 1. The Bertz CT molecular complexity index is 963. The predicted octanol–water partition coefficient (Wildman–Crippen LogP) is 3.52. The van der Waals surface area contributed by atoms with Gasteiger partial charge < -0.3 is 10.1 Å². The summed E-state index contributed by atoms with van der Waals surface area (Å²) in [5.74, 6) is 1.80. The second-order valence-electron chi connectivity index (χ2n) is 8.81. The molecule has 30 heavy (non-hydrogen) atoms. The van der Waals surface area contributed by atoms with E-state index in [0.29, 0.717) is 11.8 Å². The number of hydrogen-bond donors (Lipinski definition) is 1. The first-order chi connectivity index (χ1) is 14.5. The van der Waals surface area contributed by atoms with Gasteiger partial charge in [-0.3, -0.25) is 14.9 Å². The van der Waals surface area contributed by atoms with Gasteiger partial charge in [0.1, 0.15) is 11.5 Å². The minimum Gasteiger partial charge on any atom is -0.464 e. The van der Waals surface area contributed by atoms with Crippen molar-refractivity contribution in [1.29, 1.82) is 0 Å². The van der Waals surface area contributed by atoms with Crippen LogP contribution in [0, 0.1) is 39.6 Å². The second kappa shape index (κ2) is 7.37. The molecule has 1 aromatic carbocycles. The SMILES string of the molecule is O=C(NC1C2CC3CC(C2)CC1C3)c1ccn(COc2cc(F)ccc2[N+](=O)[O-])n1. The normalized spacial score (nSPS) is 29.0. The molecule has 8 nitrogen and oxygen atoms in total. The molecule has 0 radical (unpaired) electrons. The number of nitrogens with zero attached hydrogens (tertiary/aromatic N) is 3. The lowest BCUT2D eigenvalue weighted by molar-refractivity contribution is -0.386. The van der Waals surface area contributed by atoms with E-state index in [4.69, 9.17) is 4.74 Å². The number of benzene rings is 1. The van der Waals surface area contributed by atoms with Gasteiger partial charge in [0.05, 0.1) is 4.92 Å².